The predicted octanol–water partition coefficient (Wildman–Crippen LogP) is 1.60. The van der Waals surface area contributed by atoms with Crippen molar-refractivity contribution in [2.75, 3.05) is 11.9 Å². The molecule has 0 saturated heterocycles. The van der Waals surface area contributed by atoms with Crippen LogP contribution in [0, 0.1) is 5.92 Å². The second kappa shape index (κ2) is 8.46. The Balaban J connectivity index is 1.91. The summed E-state index contributed by atoms with van der Waals surface area (Å²) in [5.74, 6) is -1.56. The van der Waals surface area contributed by atoms with Gasteiger partial charge in [-0.15, -0.1) is 0 Å². The SMILES string of the molecule is CC(C)CC(NC(=O)CCC(=O)c1ccc2c(c1)NC(=O)CO2)C(=O)O. The maximum absolute atomic E-state index is 12.3. The molecule has 26 heavy (non-hydrogen) atoms. The van der Waals surface area contributed by atoms with Crippen LogP contribution in [0.1, 0.15) is 43.5 Å². The van der Waals surface area contributed by atoms with Crippen LogP contribution in [0.3, 0.4) is 0 Å². The number of hydrogen-bond acceptors (Lipinski definition) is 5. The first-order valence-electron chi connectivity index (χ1n) is 8.38. The Kier molecular flexibility index (Phi) is 6.32. The summed E-state index contributed by atoms with van der Waals surface area (Å²) in [7, 11) is 0. The van der Waals surface area contributed by atoms with Gasteiger partial charge in [0.05, 0.1) is 5.69 Å². The molecule has 8 heteroatoms. The number of rotatable bonds is 8. The molecule has 8 nitrogen and oxygen atoms in total. The number of amides is 2. The van der Waals surface area contributed by atoms with Crippen molar-refractivity contribution in [1.29, 1.82) is 0 Å². The van der Waals surface area contributed by atoms with E-state index in [-0.39, 0.29) is 37.1 Å². The molecule has 0 aliphatic carbocycles. The Bertz CT molecular complexity index is 728. The third-order valence-electron chi connectivity index (χ3n) is 3.85. The minimum absolute atomic E-state index is 0.0621. The molecule has 1 aromatic carbocycles. The molecule has 2 rings (SSSR count). The van der Waals surface area contributed by atoms with Gasteiger partial charge in [0.25, 0.3) is 5.91 Å². The summed E-state index contributed by atoms with van der Waals surface area (Å²) in [6, 6.07) is 3.69. The van der Waals surface area contributed by atoms with Crippen molar-refractivity contribution < 1.29 is 29.0 Å². The van der Waals surface area contributed by atoms with Gasteiger partial charge in [0.15, 0.2) is 12.4 Å². The van der Waals surface area contributed by atoms with E-state index in [1.807, 2.05) is 13.8 Å². The quantitative estimate of drug-likeness (QED) is 0.604. The molecule has 1 aliphatic heterocycles. The van der Waals surface area contributed by atoms with Crippen molar-refractivity contribution in [3.8, 4) is 5.75 Å². The summed E-state index contributed by atoms with van der Waals surface area (Å²) in [5, 5.41) is 14.2. The molecule has 0 spiro atoms. The molecule has 0 aromatic heterocycles. The highest BCUT2D eigenvalue weighted by molar-refractivity contribution is 6.01. The summed E-state index contributed by atoms with van der Waals surface area (Å²) in [6.07, 6.45) is 0.146. The topological polar surface area (TPSA) is 122 Å². The van der Waals surface area contributed by atoms with Crippen LogP contribution in [-0.4, -0.2) is 41.3 Å². The van der Waals surface area contributed by atoms with Crippen LogP contribution >= 0.6 is 0 Å². The van der Waals surface area contributed by atoms with Crippen molar-refractivity contribution in [2.45, 2.75) is 39.2 Å². The lowest BCUT2D eigenvalue weighted by Crippen LogP contribution is -2.41. The summed E-state index contributed by atoms with van der Waals surface area (Å²) in [4.78, 5) is 46.7. The monoisotopic (exact) mass is 362 g/mol. The van der Waals surface area contributed by atoms with Gasteiger partial charge in [-0.1, -0.05) is 13.8 Å². The minimum atomic E-state index is -1.09. The van der Waals surface area contributed by atoms with Gasteiger partial charge in [0, 0.05) is 18.4 Å². The first kappa shape index (κ1) is 19.4. The number of benzene rings is 1. The number of fused-ring (bicyclic) bond motifs is 1. The molecule has 0 saturated carbocycles. The summed E-state index contributed by atoms with van der Waals surface area (Å²) >= 11 is 0. The van der Waals surface area contributed by atoms with Crippen LogP contribution in [0.2, 0.25) is 0 Å². The third-order valence-corrected chi connectivity index (χ3v) is 3.85. The van der Waals surface area contributed by atoms with Gasteiger partial charge < -0.3 is 20.5 Å². The van der Waals surface area contributed by atoms with Crippen LogP contribution in [0.25, 0.3) is 0 Å². The van der Waals surface area contributed by atoms with Gasteiger partial charge in [0.1, 0.15) is 11.8 Å². The number of aliphatic carboxylic acids is 1. The smallest absolute Gasteiger partial charge is 0.326 e. The molecule has 1 aromatic rings. The first-order chi connectivity index (χ1) is 12.3. The summed E-state index contributed by atoms with van der Waals surface area (Å²) in [6.45, 7) is 3.66. The number of ether oxygens (including phenoxy) is 1. The van der Waals surface area contributed by atoms with Gasteiger partial charge >= 0.3 is 5.97 Å². The molecule has 0 radical (unpaired) electrons. The Morgan fingerprint density at radius 3 is 2.65 bits per heavy atom. The summed E-state index contributed by atoms with van der Waals surface area (Å²) < 4.78 is 5.22. The van der Waals surface area contributed by atoms with Crippen LogP contribution < -0.4 is 15.4 Å². The van der Waals surface area contributed by atoms with Crippen LogP contribution in [0.15, 0.2) is 18.2 Å². The van der Waals surface area contributed by atoms with Crippen molar-refractivity contribution in [2.24, 2.45) is 5.92 Å². The van der Waals surface area contributed by atoms with Gasteiger partial charge in [-0.05, 0) is 30.5 Å². The normalized spacial score (nSPS) is 14.0. The highest BCUT2D eigenvalue weighted by Crippen LogP contribution is 2.28. The van der Waals surface area contributed by atoms with Gasteiger partial charge in [-0.25, -0.2) is 4.79 Å². The molecule has 140 valence electrons. The number of anilines is 1. The van der Waals surface area contributed by atoms with Crippen LogP contribution in [-0.2, 0) is 14.4 Å². The molecular formula is C18H22N2O6. The molecule has 1 unspecified atom stereocenters. The number of carboxylic acids is 1. The molecule has 0 bridgehead atoms. The number of carboxylic acid groups (broad SMARTS) is 1. The average molecular weight is 362 g/mol. The van der Waals surface area contributed by atoms with E-state index < -0.39 is 17.9 Å². The molecule has 3 N–H and O–H groups in total. The third kappa shape index (κ3) is 5.30. The van der Waals surface area contributed by atoms with Crippen LogP contribution in [0.5, 0.6) is 5.75 Å². The Morgan fingerprint density at radius 2 is 2.00 bits per heavy atom. The standard InChI is InChI=1S/C18H22N2O6/c1-10(2)7-13(18(24)25)20-16(22)6-4-14(21)11-3-5-15-12(8-11)19-17(23)9-26-15/h3,5,8,10,13H,4,6-7,9H2,1-2H3,(H,19,23)(H,20,22)(H,24,25). The van der Waals surface area contributed by atoms with E-state index in [9.17, 15) is 19.2 Å². The van der Waals surface area contributed by atoms with Crippen LogP contribution in [0.4, 0.5) is 5.69 Å². The van der Waals surface area contributed by atoms with E-state index in [2.05, 4.69) is 10.6 Å². The lowest BCUT2D eigenvalue weighted by atomic mass is 10.0. The number of carbonyl (C=O) groups is 4. The zero-order valence-corrected chi connectivity index (χ0v) is 14.7. The van der Waals surface area contributed by atoms with E-state index in [4.69, 9.17) is 9.84 Å². The zero-order valence-electron chi connectivity index (χ0n) is 14.7. The lowest BCUT2D eigenvalue weighted by Gasteiger charge is -2.18. The van der Waals surface area contributed by atoms with Crippen molar-refractivity contribution in [1.82, 2.24) is 5.32 Å². The molecule has 0 fully saturated rings. The summed E-state index contributed by atoms with van der Waals surface area (Å²) in [5.41, 5.74) is 0.763. The van der Waals surface area contributed by atoms with E-state index in [0.29, 0.717) is 23.4 Å². The largest absolute Gasteiger partial charge is 0.482 e. The number of ketones is 1. The first-order valence-corrected chi connectivity index (χ1v) is 8.38. The fourth-order valence-electron chi connectivity index (χ4n) is 2.59. The second-order valence-corrected chi connectivity index (χ2v) is 6.56. The highest BCUT2D eigenvalue weighted by atomic mass is 16.5. The van der Waals surface area contributed by atoms with Crippen molar-refractivity contribution >= 4 is 29.3 Å². The lowest BCUT2D eigenvalue weighted by molar-refractivity contribution is -0.142. The second-order valence-electron chi connectivity index (χ2n) is 6.56. The molecule has 1 aliphatic rings. The Labute approximate surface area is 150 Å². The fraction of sp³-hybridized carbons (Fsp3) is 0.444. The van der Waals surface area contributed by atoms with Gasteiger partial charge in [-0.3, -0.25) is 14.4 Å². The maximum atomic E-state index is 12.3. The van der Waals surface area contributed by atoms with Crippen molar-refractivity contribution in [3.63, 3.8) is 0 Å². The number of nitrogens with one attached hydrogen (secondary N) is 2. The average Bonchev–Trinajstić information content (AvgIpc) is 2.57. The molecular weight excluding hydrogens is 340 g/mol. The van der Waals surface area contributed by atoms with E-state index >= 15 is 0 Å². The molecule has 2 amide bonds. The van der Waals surface area contributed by atoms with Gasteiger partial charge in [-0.2, -0.15) is 0 Å². The minimum Gasteiger partial charge on any atom is -0.482 e. The van der Waals surface area contributed by atoms with E-state index in [0.717, 1.165) is 0 Å². The van der Waals surface area contributed by atoms with E-state index in [1.165, 1.54) is 6.07 Å². The predicted molar refractivity (Wildman–Crippen MR) is 93.2 cm³/mol. The Morgan fingerprint density at radius 1 is 1.27 bits per heavy atom. The van der Waals surface area contributed by atoms with Gasteiger partial charge in [0.2, 0.25) is 5.91 Å². The number of Topliss-reactive ketones (excluding diaryl/α,β-unsaturated/α-hetero) is 1. The van der Waals surface area contributed by atoms with Crippen molar-refractivity contribution in [3.05, 3.63) is 23.8 Å². The zero-order chi connectivity index (χ0) is 19.3. The fourth-order valence-corrected chi connectivity index (χ4v) is 2.59. The Hall–Kier alpha value is -2.90. The maximum Gasteiger partial charge on any atom is 0.326 e. The number of carbonyl (C=O) groups excluding carboxylic acids is 3. The molecule has 1 heterocycles. The molecule has 1 atom stereocenters. The van der Waals surface area contributed by atoms with E-state index in [1.54, 1.807) is 12.1 Å². The highest BCUT2D eigenvalue weighted by Gasteiger charge is 2.22. The number of hydrogen-bond donors (Lipinski definition) is 3.